The van der Waals surface area contributed by atoms with E-state index >= 15 is 0 Å². The lowest BCUT2D eigenvalue weighted by Gasteiger charge is -2.28. The van der Waals surface area contributed by atoms with Crippen LogP contribution in [0.4, 0.5) is 5.82 Å². The third kappa shape index (κ3) is 4.14. The van der Waals surface area contributed by atoms with Gasteiger partial charge in [-0.15, -0.1) is 10.2 Å². The van der Waals surface area contributed by atoms with Gasteiger partial charge in [0.15, 0.2) is 11.0 Å². The van der Waals surface area contributed by atoms with E-state index in [4.69, 9.17) is 21.1 Å². The molecule has 0 bridgehead atoms. The fraction of sp³-hybridized carbons (Fsp3) is 0.625. The van der Waals surface area contributed by atoms with Gasteiger partial charge in [-0.1, -0.05) is 11.6 Å². The molecule has 1 aromatic heterocycles. The highest BCUT2D eigenvalue weighted by atomic mass is 35.5. The molecule has 2 rings (SSSR count). The number of anilines is 1. The molecule has 8 heteroatoms. The number of cyclic esters (lactones) is 1. The van der Waals surface area contributed by atoms with Crippen molar-refractivity contribution in [2.24, 2.45) is 5.41 Å². The molecule has 24 heavy (non-hydrogen) atoms. The van der Waals surface area contributed by atoms with Gasteiger partial charge in [-0.2, -0.15) is 0 Å². The number of hydrogen-bond donors (Lipinski definition) is 0. The summed E-state index contributed by atoms with van der Waals surface area (Å²) in [7, 11) is 1.74. The van der Waals surface area contributed by atoms with Gasteiger partial charge in [-0.25, -0.2) is 4.79 Å². The second-order valence-electron chi connectivity index (χ2n) is 7.21. The van der Waals surface area contributed by atoms with Gasteiger partial charge >= 0.3 is 11.9 Å². The van der Waals surface area contributed by atoms with Crippen LogP contribution in [0.5, 0.6) is 0 Å². The van der Waals surface area contributed by atoms with Crippen LogP contribution in [-0.4, -0.2) is 47.9 Å². The van der Waals surface area contributed by atoms with Crippen molar-refractivity contribution in [3.8, 4) is 0 Å². The second kappa shape index (κ2) is 6.55. The fourth-order valence-corrected chi connectivity index (χ4v) is 2.66. The van der Waals surface area contributed by atoms with Crippen molar-refractivity contribution in [3.63, 3.8) is 0 Å². The molecule has 1 aromatic rings. The van der Waals surface area contributed by atoms with Gasteiger partial charge in [-0.3, -0.25) is 4.79 Å². The minimum absolute atomic E-state index is 0.0968. The monoisotopic (exact) mass is 355 g/mol. The number of esters is 2. The Morgan fingerprint density at radius 2 is 2.12 bits per heavy atom. The minimum Gasteiger partial charge on any atom is -0.465 e. The molecule has 1 saturated heterocycles. The van der Waals surface area contributed by atoms with Gasteiger partial charge in [0.1, 0.15) is 11.2 Å². The summed E-state index contributed by atoms with van der Waals surface area (Å²) in [4.78, 5) is 26.1. The number of nitrogens with zero attached hydrogens (tertiary/aromatic N) is 3. The summed E-state index contributed by atoms with van der Waals surface area (Å²) >= 11 is 5.88. The highest BCUT2D eigenvalue weighted by Crippen LogP contribution is 2.32. The van der Waals surface area contributed by atoms with Crippen molar-refractivity contribution in [1.29, 1.82) is 0 Å². The quantitative estimate of drug-likeness (QED) is 0.767. The first-order chi connectivity index (χ1) is 11.0. The third-order valence-corrected chi connectivity index (χ3v) is 3.88. The van der Waals surface area contributed by atoms with Crippen LogP contribution < -0.4 is 4.90 Å². The lowest BCUT2D eigenvalue weighted by atomic mass is 9.88. The summed E-state index contributed by atoms with van der Waals surface area (Å²) in [5.41, 5.74) is -1.09. The van der Waals surface area contributed by atoms with Crippen LogP contribution in [0.15, 0.2) is 6.07 Å². The first kappa shape index (κ1) is 18.4. The Hall–Kier alpha value is -1.89. The van der Waals surface area contributed by atoms with Crippen LogP contribution >= 0.6 is 11.6 Å². The second-order valence-corrected chi connectivity index (χ2v) is 7.60. The molecule has 0 amide bonds. The largest absolute Gasteiger partial charge is 0.465 e. The van der Waals surface area contributed by atoms with Gasteiger partial charge in [0.2, 0.25) is 0 Å². The number of carbonyl (C=O) groups is 2. The van der Waals surface area contributed by atoms with Gasteiger partial charge in [0.05, 0.1) is 12.0 Å². The number of rotatable bonds is 4. The molecule has 0 aliphatic carbocycles. The van der Waals surface area contributed by atoms with E-state index in [9.17, 15) is 9.59 Å². The van der Waals surface area contributed by atoms with Gasteiger partial charge in [0.25, 0.3) is 0 Å². The molecule has 1 unspecified atom stereocenters. The van der Waals surface area contributed by atoms with Crippen LogP contribution in [0.2, 0.25) is 5.15 Å². The first-order valence-corrected chi connectivity index (χ1v) is 8.04. The number of hydrogen-bond acceptors (Lipinski definition) is 7. The van der Waals surface area contributed by atoms with E-state index in [0.717, 1.165) is 0 Å². The van der Waals surface area contributed by atoms with E-state index in [1.54, 1.807) is 32.7 Å². The lowest BCUT2D eigenvalue weighted by Crippen LogP contribution is -2.38. The molecule has 0 N–H and O–H groups in total. The lowest BCUT2D eigenvalue weighted by molar-refractivity contribution is -0.145. The van der Waals surface area contributed by atoms with Crippen LogP contribution in [-0.2, 0) is 14.3 Å². The predicted molar refractivity (Wildman–Crippen MR) is 89.2 cm³/mol. The summed E-state index contributed by atoms with van der Waals surface area (Å²) in [6.07, 6.45) is 0.610. The molecule has 132 valence electrons. The third-order valence-electron chi connectivity index (χ3n) is 3.69. The molecule has 7 nitrogen and oxygen atoms in total. The highest BCUT2D eigenvalue weighted by Gasteiger charge is 2.41. The Morgan fingerprint density at radius 1 is 1.46 bits per heavy atom. The zero-order valence-electron chi connectivity index (χ0n) is 14.6. The van der Waals surface area contributed by atoms with Crippen LogP contribution in [0.1, 0.15) is 44.5 Å². The predicted octanol–water partition coefficient (Wildman–Crippen LogP) is 2.47. The van der Waals surface area contributed by atoms with E-state index < -0.39 is 17.0 Å². The standard InChI is InChI=1S/C16H22ClN3O4/c1-15(2,3)24-13(21)10-8-11(17)18-19-12(10)20(5)9-16(4)6-7-23-14(16)22/h8H,6-7,9H2,1-5H3. The molecule has 0 spiro atoms. The molecule has 1 atom stereocenters. The number of carbonyl (C=O) groups excluding carboxylic acids is 2. The SMILES string of the molecule is CN(CC1(C)CCOC1=O)c1nnc(Cl)cc1C(=O)OC(C)(C)C. The fourth-order valence-electron chi connectivity index (χ4n) is 2.51. The molecule has 1 fully saturated rings. The van der Waals surface area contributed by atoms with Gasteiger partial charge < -0.3 is 14.4 Å². The molecular weight excluding hydrogens is 334 g/mol. The van der Waals surface area contributed by atoms with Crippen molar-refractivity contribution < 1.29 is 19.1 Å². The van der Waals surface area contributed by atoms with Crippen molar-refractivity contribution in [1.82, 2.24) is 10.2 Å². The molecule has 1 aliphatic rings. The van der Waals surface area contributed by atoms with Gasteiger partial charge in [-0.05, 0) is 40.2 Å². The minimum atomic E-state index is -0.652. The van der Waals surface area contributed by atoms with Crippen LogP contribution in [0, 0.1) is 5.41 Å². The highest BCUT2D eigenvalue weighted by molar-refractivity contribution is 6.29. The Labute approximate surface area is 146 Å². The Balaban J connectivity index is 2.29. The normalized spacial score (nSPS) is 20.7. The Morgan fingerprint density at radius 3 is 2.67 bits per heavy atom. The van der Waals surface area contributed by atoms with Crippen LogP contribution in [0.3, 0.4) is 0 Å². The number of ether oxygens (including phenoxy) is 2. The molecule has 0 aromatic carbocycles. The van der Waals surface area contributed by atoms with E-state index in [1.807, 2.05) is 6.92 Å². The summed E-state index contributed by atoms with van der Waals surface area (Å²) in [6.45, 7) is 7.90. The zero-order valence-corrected chi connectivity index (χ0v) is 15.3. The molecule has 0 radical (unpaired) electrons. The number of halogens is 1. The van der Waals surface area contributed by atoms with Crippen molar-refractivity contribution >= 4 is 29.4 Å². The zero-order chi connectivity index (χ0) is 18.1. The smallest absolute Gasteiger partial charge is 0.342 e. The van der Waals surface area contributed by atoms with Crippen LogP contribution in [0.25, 0.3) is 0 Å². The maximum absolute atomic E-state index is 12.5. The Kier molecular flexibility index (Phi) is 5.03. The topological polar surface area (TPSA) is 81.6 Å². The molecule has 2 heterocycles. The van der Waals surface area contributed by atoms with Crippen molar-refractivity contribution in [2.45, 2.75) is 39.7 Å². The molecule has 0 saturated carbocycles. The summed E-state index contributed by atoms with van der Waals surface area (Å²) in [5, 5.41) is 7.92. The number of aromatic nitrogens is 2. The molecular formula is C16H22ClN3O4. The first-order valence-electron chi connectivity index (χ1n) is 7.67. The van der Waals surface area contributed by atoms with Gasteiger partial charge in [0, 0.05) is 13.6 Å². The van der Waals surface area contributed by atoms with Crippen molar-refractivity contribution in [3.05, 3.63) is 16.8 Å². The van der Waals surface area contributed by atoms with Crippen molar-refractivity contribution in [2.75, 3.05) is 25.1 Å². The van der Waals surface area contributed by atoms with E-state index in [-0.39, 0.29) is 16.7 Å². The summed E-state index contributed by atoms with van der Waals surface area (Å²) in [6, 6.07) is 1.42. The average molecular weight is 356 g/mol. The average Bonchev–Trinajstić information content (AvgIpc) is 2.76. The van der Waals surface area contributed by atoms with E-state index in [2.05, 4.69) is 10.2 Å². The van der Waals surface area contributed by atoms with E-state index in [0.29, 0.717) is 25.4 Å². The molecule has 1 aliphatic heterocycles. The maximum Gasteiger partial charge on any atom is 0.342 e. The summed E-state index contributed by atoms with van der Waals surface area (Å²) in [5.74, 6) is -0.482. The maximum atomic E-state index is 12.5. The van der Waals surface area contributed by atoms with E-state index in [1.165, 1.54) is 6.07 Å². The Bertz CT molecular complexity index is 659. The summed E-state index contributed by atoms with van der Waals surface area (Å²) < 4.78 is 10.5.